The zero-order valence-corrected chi connectivity index (χ0v) is 15.9. The molecule has 0 spiro atoms. The third-order valence-corrected chi connectivity index (χ3v) is 4.50. The first kappa shape index (κ1) is 19.3. The summed E-state index contributed by atoms with van der Waals surface area (Å²) in [7, 11) is 0. The van der Waals surface area contributed by atoms with Gasteiger partial charge in [-0.25, -0.2) is 4.79 Å². The van der Waals surface area contributed by atoms with Crippen molar-refractivity contribution in [2.75, 3.05) is 10.6 Å². The molecule has 2 heterocycles. The molecule has 0 aliphatic heterocycles. The fourth-order valence-corrected chi connectivity index (χ4v) is 2.88. The molecule has 28 heavy (non-hydrogen) atoms. The summed E-state index contributed by atoms with van der Waals surface area (Å²) in [6.07, 6.45) is -1.05. The summed E-state index contributed by atoms with van der Waals surface area (Å²) in [5.74, 6) is -0.712. The summed E-state index contributed by atoms with van der Waals surface area (Å²) in [5.41, 5.74) is 0.656. The Kier molecular flexibility index (Phi) is 5.85. The Balaban J connectivity index is 1.60. The van der Waals surface area contributed by atoms with E-state index in [9.17, 15) is 14.4 Å². The number of benzene rings is 1. The number of nitrogens with one attached hydrogen (secondary N) is 2. The topological polar surface area (TPSA) is 111 Å². The molecule has 0 saturated carbocycles. The summed E-state index contributed by atoms with van der Waals surface area (Å²) in [4.78, 5) is 37.1. The normalized spacial score (nSPS) is 11.5. The maximum atomic E-state index is 12.3. The largest absolute Gasteiger partial charge is 0.449 e. The first-order valence-corrected chi connectivity index (χ1v) is 9.20. The van der Waals surface area contributed by atoms with E-state index in [1.165, 1.54) is 30.4 Å². The van der Waals surface area contributed by atoms with E-state index in [2.05, 4.69) is 15.8 Å². The van der Waals surface area contributed by atoms with Gasteiger partial charge in [0, 0.05) is 11.8 Å². The molecular weight excluding hydrogens is 382 g/mol. The molecule has 0 aliphatic rings. The van der Waals surface area contributed by atoms with Crippen LogP contribution >= 0.6 is 11.3 Å². The lowest BCUT2D eigenvalue weighted by atomic mass is 10.2. The van der Waals surface area contributed by atoms with Gasteiger partial charge in [-0.05, 0) is 43.5 Å². The average molecular weight is 399 g/mol. The highest BCUT2D eigenvalue weighted by atomic mass is 32.1. The van der Waals surface area contributed by atoms with E-state index in [0.29, 0.717) is 16.3 Å². The van der Waals surface area contributed by atoms with E-state index < -0.39 is 18.0 Å². The minimum Gasteiger partial charge on any atom is -0.449 e. The summed E-state index contributed by atoms with van der Waals surface area (Å²) in [6, 6.07) is 11.3. The van der Waals surface area contributed by atoms with E-state index in [1.54, 1.807) is 42.6 Å². The smallest absolute Gasteiger partial charge is 0.338 e. The third kappa shape index (κ3) is 4.83. The molecule has 0 fully saturated rings. The Morgan fingerprint density at radius 1 is 1.14 bits per heavy atom. The van der Waals surface area contributed by atoms with Gasteiger partial charge in [-0.3, -0.25) is 9.59 Å². The predicted molar refractivity (Wildman–Crippen MR) is 103 cm³/mol. The molecule has 0 bridgehead atoms. The SMILES string of the molecule is Cc1cc(NC(=O)[C@@H](C)OC(=O)c2cccc(NC(=O)c3cccs3)c2)no1. The number of esters is 1. The summed E-state index contributed by atoms with van der Waals surface area (Å²) >= 11 is 1.31. The molecule has 0 unspecified atom stereocenters. The van der Waals surface area contributed by atoms with E-state index >= 15 is 0 Å². The second-order valence-electron chi connectivity index (χ2n) is 5.87. The number of ether oxygens (including phenoxy) is 1. The molecule has 0 aliphatic carbocycles. The van der Waals surface area contributed by atoms with Gasteiger partial charge in [-0.1, -0.05) is 17.3 Å². The average Bonchev–Trinajstić information content (AvgIpc) is 3.34. The number of anilines is 2. The number of thiophene rings is 1. The number of hydrogen-bond acceptors (Lipinski definition) is 7. The molecule has 0 saturated heterocycles. The lowest BCUT2D eigenvalue weighted by Crippen LogP contribution is -2.30. The van der Waals surface area contributed by atoms with Crippen molar-refractivity contribution in [3.8, 4) is 0 Å². The molecule has 3 aromatic rings. The molecule has 8 nitrogen and oxygen atoms in total. The highest BCUT2D eigenvalue weighted by Gasteiger charge is 2.20. The molecule has 2 aromatic heterocycles. The van der Waals surface area contributed by atoms with Crippen molar-refractivity contribution >= 4 is 40.6 Å². The Labute approximate surface area is 164 Å². The first-order chi connectivity index (χ1) is 13.4. The van der Waals surface area contributed by atoms with Gasteiger partial charge in [-0.2, -0.15) is 0 Å². The van der Waals surface area contributed by atoms with E-state index in [-0.39, 0.29) is 17.3 Å². The van der Waals surface area contributed by atoms with Crippen LogP contribution in [-0.2, 0) is 9.53 Å². The number of carbonyl (C=O) groups excluding carboxylic acids is 3. The zero-order chi connectivity index (χ0) is 20.1. The zero-order valence-electron chi connectivity index (χ0n) is 15.1. The molecule has 2 N–H and O–H groups in total. The van der Waals surface area contributed by atoms with Crippen LogP contribution < -0.4 is 10.6 Å². The van der Waals surface area contributed by atoms with Crippen LogP contribution in [0, 0.1) is 6.92 Å². The van der Waals surface area contributed by atoms with Gasteiger partial charge in [0.2, 0.25) is 0 Å². The van der Waals surface area contributed by atoms with Crippen molar-refractivity contribution in [2.45, 2.75) is 20.0 Å². The molecule has 3 rings (SSSR count). The molecule has 144 valence electrons. The fourth-order valence-electron chi connectivity index (χ4n) is 2.26. The van der Waals surface area contributed by atoms with Crippen molar-refractivity contribution in [1.29, 1.82) is 0 Å². The second kappa shape index (κ2) is 8.49. The molecule has 1 atom stereocenters. The van der Waals surface area contributed by atoms with Crippen molar-refractivity contribution in [2.24, 2.45) is 0 Å². The van der Waals surface area contributed by atoms with Crippen LogP contribution in [0.1, 0.15) is 32.7 Å². The highest BCUT2D eigenvalue weighted by Crippen LogP contribution is 2.16. The lowest BCUT2D eigenvalue weighted by molar-refractivity contribution is -0.123. The van der Waals surface area contributed by atoms with Crippen LogP contribution in [0.15, 0.2) is 52.4 Å². The van der Waals surface area contributed by atoms with Crippen molar-refractivity contribution in [3.05, 3.63) is 64.0 Å². The number of amides is 2. The van der Waals surface area contributed by atoms with Gasteiger partial charge >= 0.3 is 5.97 Å². The number of hydrogen-bond donors (Lipinski definition) is 2. The summed E-state index contributed by atoms with van der Waals surface area (Å²) in [5, 5.41) is 10.7. The minimum atomic E-state index is -1.05. The van der Waals surface area contributed by atoms with E-state index in [1.807, 2.05) is 0 Å². The Morgan fingerprint density at radius 3 is 2.64 bits per heavy atom. The van der Waals surface area contributed by atoms with Crippen LogP contribution in [0.5, 0.6) is 0 Å². The number of aryl methyl sites for hydroxylation is 1. The van der Waals surface area contributed by atoms with Crippen LogP contribution in [-0.4, -0.2) is 29.0 Å². The van der Waals surface area contributed by atoms with E-state index in [0.717, 1.165) is 0 Å². The standard InChI is InChI=1S/C19H17N3O5S/c1-11-9-16(22-27-11)21-17(23)12(2)26-19(25)13-5-3-6-14(10-13)20-18(24)15-7-4-8-28-15/h3-10,12H,1-2H3,(H,20,24)(H,21,22,23)/t12-/m1/s1. The number of aromatic nitrogens is 1. The van der Waals surface area contributed by atoms with Gasteiger partial charge in [0.15, 0.2) is 11.9 Å². The number of nitrogens with zero attached hydrogens (tertiary/aromatic N) is 1. The van der Waals surface area contributed by atoms with Gasteiger partial charge in [0.1, 0.15) is 5.76 Å². The van der Waals surface area contributed by atoms with Gasteiger partial charge in [0.25, 0.3) is 11.8 Å². The molecular formula is C19H17N3O5S. The fraction of sp³-hybridized carbons (Fsp3) is 0.158. The van der Waals surface area contributed by atoms with Crippen molar-refractivity contribution in [1.82, 2.24) is 5.16 Å². The summed E-state index contributed by atoms with van der Waals surface area (Å²) in [6.45, 7) is 3.14. The second-order valence-corrected chi connectivity index (χ2v) is 6.82. The number of rotatable bonds is 6. The monoisotopic (exact) mass is 399 g/mol. The first-order valence-electron chi connectivity index (χ1n) is 8.32. The Bertz CT molecular complexity index is 997. The minimum absolute atomic E-state index is 0.209. The molecule has 0 radical (unpaired) electrons. The summed E-state index contributed by atoms with van der Waals surface area (Å²) < 4.78 is 10.1. The number of carbonyl (C=O) groups is 3. The maximum absolute atomic E-state index is 12.3. The highest BCUT2D eigenvalue weighted by molar-refractivity contribution is 7.12. The third-order valence-electron chi connectivity index (χ3n) is 3.63. The maximum Gasteiger partial charge on any atom is 0.338 e. The van der Waals surface area contributed by atoms with Gasteiger partial charge < -0.3 is 19.9 Å². The van der Waals surface area contributed by atoms with Crippen LogP contribution in [0.25, 0.3) is 0 Å². The van der Waals surface area contributed by atoms with Gasteiger partial charge in [-0.15, -0.1) is 11.3 Å². The van der Waals surface area contributed by atoms with Crippen LogP contribution in [0.3, 0.4) is 0 Å². The van der Waals surface area contributed by atoms with E-state index in [4.69, 9.17) is 9.26 Å². The van der Waals surface area contributed by atoms with Crippen molar-refractivity contribution < 1.29 is 23.6 Å². The molecule has 1 aromatic carbocycles. The quantitative estimate of drug-likeness (QED) is 0.614. The predicted octanol–water partition coefficient (Wildman–Crippen LogP) is 3.48. The van der Waals surface area contributed by atoms with Crippen molar-refractivity contribution in [3.63, 3.8) is 0 Å². The lowest BCUT2D eigenvalue weighted by Gasteiger charge is -2.13. The Morgan fingerprint density at radius 2 is 1.96 bits per heavy atom. The van der Waals surface area contributed by atoms with Crippen LogP contribution in [0.4, 0.5) is 11.5 Å². The molecule has 2 amide bonds. The Hall–Kier alpha value is -3.46. The van der Waals surface area contributed by atoms with Crippen LogP contribution in [0.2, 0.25) is 0 Å². The molecule has 9 heteroatoms. The van der Waals surface area contributed by atoms with Gasteiger partial charge in [0.05, 0.1) is 10.4 Å².